The Bertz CT molecular complexity index is 489. The molecule has 1 saturated heterocycles. The Balaban J connectivity index is 0.00000280. The molecule has 3 aliphatic rings. The van der Waals surface area contributed by atoms with Gasteiger partial charge in [0.05, 0.1) is 0 Å². The van der Waals surface area contributed by atoms with Crippen LogP contribution in [0.4, 0.5) is 0 Å². The Morgan fingerprint density at radius 3 is 2.36 bits per heavy atom. The normalized spacial score (nSPS) is 24.8. The average Bonchev–Trinajstić information content (AvgIpc) is 3.36. The van der Waals surface area contributed by atoms with Crippen molar-refractivity contribution in [3.8, 4) is 0 Å². The number of guanidine groups is 1. The summed E-state index contributed by atoms with van der Waals surface area (Å²) in [5.41, 5.74) is 0. The summed E-state index contributed by atoms with van der Waals surface area (Å²) in [4.78, 5) is 19.1. The quantitative estimate of drug-likeness (QED) is 0.216. The van der Waals surface area contributed by atoms with E-state index in [4.69, 9.17) is 0 Å². The molecule has 6 nitrogen and oxygen atoms in total. The number of aliphatic imine (C=N–C) groups is 1. The van der Waals surface area contributed by atoms with Crippen LogP contribution in [0.15, 0.2) is 4.99 Å². The molecule has 3 fully saturated rings. The van der Waals surface area contributed by atoms with E-state index in [0.717, 1.165) is 25.1 Å². The van der Waals surface area contributed by atoms with Crippen LogP contribution in [-0.4, -0.2) is 62.1 Å². The van der Waals surface area contributed by atoms with Gasteiger partial charge in [0.1, 0.15) is 0 Å². The van der Waals surface area contributed by atoms with E-state index in [2.05, 4.69) is 25.8 Å². The van der Waals surface area contributed by atoms with Gasteiger partial charge >= 0.3 is 0 Å². The number of hydrogen-bond acceptors (Lipinski definition) is 3. The van der Waals surface area contributed by atoms with Crippen LogP contribution >= 0.6 is 24.0 Å². The standard InChI is InChI=1S/C21H39N5O.HI/c1-22-21(25-18-11-14-26(16-18)19-9-5-6-10-19)24-13-12-23-20(27)15-17-7-3-2-4-8-17;/h17-19H,2-16H2,1H3,(H,23,27)(H2,22,24,25);1H. The van der Waals surface area contributed by atoms with Crippen molar-refractivity contribution < 1.29 is 4.79 Å². The minimum absolute atomic E-state index is 0. The summed E-state index contributed by atoms with van der Waals surface area (Å²) in [6, 6.07) is 1.30. The van der Waals surface area contributed by atoms with Crippen LogP contribution in [0, 0.1) is 5.92 Å². The van der Waals surface area contributed by atoms with Crippen molar-refractivity contribution in [3.63, 3.8) is 0 Å². The van der Waals surface area contributed by atoms with Gasteiger partial charge in [-0.2, -0.15) is 0 Å². The highest BCUT2D eigenvalue weighted by Gasteiger charge is 2.30. The second-order valence-electron chi connectivity index (χ2n) is 8.62. The highest BCUT2D eigenvalue weighted by atomic mass is 127. The first kappa shape index (κ1) is 23.7. The number of carbonyl (C=O) groups is 1. The van der Waals surface area contributed by atoms with E-state index in [-0.39, 0.29) is 29.9 Å². The van der Waals surface area contributed by atoms with Gasteiger partial charge in [-0.05, 0) is 38.0 Å². The molecule has 0 aromatic carbocycles. The molecule has 2 aliphatic carbocycles. The molecule has 0 radical (unpaired) electrons. The minimum Gasteiger partial charge on any atom is -0.355 e. The molecule has 3 N–H and O–H groups in total. The molecule has 3 rings (SSSR count). The summed E-state index contributed by atoms with van der Waals surface area (Å²) in [5.74, 6) is 1.66. The Kier molecular flexibility index (Phi) is 10.9. The first-order valence-electron chi connectivity index (χ1n) is 11.2. The number of likely N-dealkylation sites (tertiary alicyclic amines) is 1. The molecule has 1 heterocycles. The third kappa shape index (κ3) is 7.69. The summed E-state index contributed by atoms with van der Waals surface area (Å²) in [5, 5.41) is 9.96. The zero-order valence-corrected chi connectivity index (χ0v) is 19.9. The third-order valence-electron chi connectivity index (χ3n) is 6.56. The zero-order chi connectivity index (χ0) is 18.9. The number of halogens is 1. The lowest BCUT2D eigenvalue weighted by Gasteiger charge is -2.24. The lowest BCUT2D eigenvalue weighted by molar-refractivity contribution is -0.122. The van der Waals surface area contributed by atoms with Crippen LogP contribution in [0.2, 0.25) is 0 Å². The molecule has 1 atom stereocenters. The summed E-state index contributed by atoms with van der Waals surface area (Å²) in [7, 11) is 1.82. The lowest BCUT2D eigenvalue weighted by Crippen LogP contribution is -2.47. The Morgan fingerprint density at radius 1 is 0.964 bits per heavy atom. The molecule has 0 aromatic heterocycles. The summed E-state index contributed by atoms with van der Waals surface area (Å²) in [6.07, 6.45) is 13.8. The molecule has 1 aliphatic heterocycles. The molecule has 0 aromatic rings. The van der Waals surface area contributed by atoms with Crippen LogP contribution < -0.4 is 16.0 Å². The van der Waals surface area contributed by atoms with Crippen molar-refractivity contribution in [2.75, 3.05) is 33.2 Å². The predicted octanol–water partition coefficient (Wildman–Crippen LogP) is 2.87. The van der Waals surface area contributed by atoms with Crippen molar-refractivity contribution in [1.82, 2.24) is 20.9 Å². The van der Waals surface area contributed by atoms with Gasteiger partial charge in [-0.1, -0.05) is 32.1 Å². The lowest BCUT2D eigenvalue weighted by atomic mass is 9.87. The van der Waals surface area contributed by atoms with Gasteiger partial charge in [-0.3, -0.25) is 14.7 Å². The summed E-state index contributed by atoms with van der Waals surface area (Å²) >= 11 is 0. The highest BCUT2D eigenvalue weighted by molar-refractivity contribution is 14.0. The molecule has 1 amide bonds. The average molecular weight is 505 g/mol. The molecule has 28 heavy (non-hydrogen) atoms. The fourth-order valence-electron chi connectivity index (χ4n) is 5.00. The summed E-state index contributed by atoms with van der Waals surface area (Å²) in [6.45, 7) is 3.71. The van der Waals surface area contributed by atoms with Crippen LogP contribution in [0.1, 0.15) is 70.6 Å². The Labute approximate surface area is 188 Å². The first-order chi connectivity index (χ1) is 13.2. The maximum Gasteiger partial charge on any atom is 0.220 e. The van der Waals surface area contributed by atoms with E-state index >= 15 is 0 Å². The van der Waals surface area contributed by atoms with Gasteiger partial charge in [0.15, 0.2) is 5.96 Å². The zero-order valence-electron chi connectivity index (χ0n) is 17.5. The smallest absolute Gasteiger partial charge is 0.220 e. The molecule has 162 valence electrons. The fourth-order valence-corrected chi connectivity index (χ4v) is 5.00. The summed E-state index contributed by atoms with van der Waals surface area (Å²) < 4.78 is 0. The van der Waals surface area contributed by atoms with Crippen molar-refractivity contribution in [3.05, 3.63) is 0 Å². The largest absolute Gasteiger partial charge is 0.355 e. The Hall–Kier alpha value is -0.570. The molecule has 0 spiro atoms. The molecular formula is C21H40IN5O. The number of nitrogens with one attached hydrogen (secondary N) is 3. The van der Waals surface area contributed by atoms with Crippen molar-refractivity contribution >= 4 is 35.8 Å². The second-order valence-corrected chi connectivity index (χ2v) is 8.62. The van der Waals surface area contributed by atoms with Gasteiger partial charge in [0.25, 0.3) is 0 Å². The Morgan fingerprint density at radius 2 is 1.64 bits per heavy atom. The molecule has 7 heteroatoms. The third-order valence-corrected chi connectivity index (χ3v) is 6.56. The van der Waals surface area contributed by atoms with Crippen LogP contribution in [0.5, 0.6) is 0 Å². The second kappa shape index (κ2) is 12.9. The molecule has 1 unspecified atom stereocenters. The maximum atomic E-state index is 12.1. The van der Waals surface area contributed by atoms with E-state index < -0.39 is 0 Å². The molecular weight excluding hydrogens is 465 g/mol. The molecule has 2 saturated carbocycles. The van der Waals surface area contributed by atoms with Gasteiger partial charge in [0, 0.05) is 51.7 Å². The topological polar surface area (TPSA) is 68.8 Å². The van der Waals surface area contributed by atoms with Gasteiger partial charge in [-0.15, -0.1) is 24.0 Å². The molecule has 0 bridgehead atoms. The van der Waals surface area contributed by atoms with E-state index in [1.807, 2.05) is 7.05 Å². The minimum atomic E-state index is 0. The van der Waals surface area contributed by atoms with Crippen molar-refractivity contribution in [1.29, 1.82) is 0 Å². The van der Waals surface area contributed by atoms with Crippen LogP contribution in [0.25, 0.3) is 0 Å². The fraction of sp³-hybridized carbons (Fsp3) is 0.905. The monoisotopic (exact) mass is 505 g/mol. The van der Waals surface area contributed by atoms with Gasteiger partial charge in [-0.25, -0.2) is 0 Å². The van der Waals surface area contributed by atoms with Gasteiger partial charge < -0.3 is 16.0 Å². The van der Waals surface area contributed by atoms with E-state index in [0.29, 0.717) is 24.9 Å². The van der Waals surface area contributed by atoms with E-state index in [9.17, 15) is 4.79 Å². The maximum absolute atomic E-state index is 12.1. The SMILES string of the molecule is CN=C(NCCNC(=O)CC1CCCCC1)NC1CCN(C2CCCC2)C1.I. The van der Waals surface area contributed by atoms with E-state index in [1.54, 1.807) is 0 Å². The number of rotatable bonds is 7. The van der Waals surface area contributed by atoms with Crippen molar-refractivity contribution in [2.24, 2.45) is 10.9 Å². The van der Waals surface area contributed by atoms with E-state index in [1.165, 1.54) is 70.8 Å². The number of carbonyl (C=O) groups excluding carboxylic acids is 1. The van der Waals surface area contributed by atoms with Gasteiger partial charge in [0.2, 0.25) is 5.91 Å². The number of amides is 1. The van der Waals surface area contributed by atoms with Crippen LogP contribution in [-0.2, 0) is 4.79 Å². The first-order valence-corrected chi connectivity index (χ1v) is 11.2. The van der Waals surface area contributed by atoms with Crippen molar-refractivity contribution in [2.45, 2.75) is 82.7 Å². The van der Waals surface area contributed by atoms with Crippen LogP contribution in [0.3, 0.4) is 0 Å². The highest BCUT2D eigenvalue weighted by Crippen LogP contribution is 2.27. The number of nitrogens with zero attached hydrogens (tertiary/aromatic N) is 2. The number of hydrogen-bond donors (Lipinski definition) is 3. The predicted molar refractivity (Wildman–Crippen MR) is 126 cm³/mol.